The number of phenolic OH excluding ortho intramolecular Hbond substituents is 1. The van der Waals surface area contributed by atoms with Gasteiger partial charge in [-0.2, -0.15) is 0 Å². The first-order valence-electron chi connectivity index (χ1n) is 4.46. The van der Waals surface area contributed by atoms with Crippen LogP contribution in [-0.4, -0.2) is 18.3 Å². The Morgan fingerprint density at radius 2 is 2.07 bits per heavy atom. The molecule has 1 rings (SSSR count). The number of benzene rings is 1. The normalized spacial score (nSPS) is 12.6. The Labute approximate surface area is 86.5 Å². The van der Waals surface area contributed by atoms with Gasteiger partial charge in [0.25, 0.3) is 0 Å². The van der Waals surface area contributed by atoms with Crippen molar-refractivity contribution in [3.8, 4) is 11.5 Å². The number of rotatable bonds is 3. The average molecular weight is 217 g/mol. The highest BCUT2D eigenvalue weighted by Gasteiger charge is 2.19. The molecule has 0 saturated heterocycles. The number of ether oxygens (including phenoxy) is 1. The monoisotopic (exact) mass is 217 g/mol. The molecule has 1 unspecified atom stereocenters. The lowest BCUT2D eigenvalue weighted by molar-refractivity contribution is 0.364. The van der Waals surface area contributed by atoms with Gasteiger partial charge in [0, 0.05) is 17.7 Å². The molecular weight excluding hydrogens is 204 g/mol. The van der Waals surface area contributed by atoms with Gasteiger partial charge in [-0.25, -0.2) is 8.78 Å². The minimum atomic E-state index is -0.981. The van der Waals surface area contributed by atoms with Crippen LogP contribution in [-0.2, 0) is 6.42 Å². The molecule has 1 aromatic rings. The standard InChI is InChI=1S/C10H13F2NO2/c1-5(13)3-6-9(11)7(14)4-8(15-2)10(6)12/h4-5,14H,3,13H2,1-2H3. The lowest BCUT2D eigenvalue weighted by Crippen LogP contribution is -2.19. The molecule has 5 heteroatoms. The first-order chi connectivity index (χ1) is 6.97. The van der Waals surface area contributed by atoms with E-state index in [-0.39, 0.29) is 17.7 Å². The summed E-state index contributed by atoms with van der Waals surface area (Å²) in [6.07, 6.45) is 0.00241. The van der Waals surface area contributed by atoms with Crippen molar-refractivity contribution in [1.29, 1.82) is 0 Å². The maximum atomic E-state index is 13.5. The van der Waals surface area contributed by atoms with Crippen LogP contribution in [0.4, 0.5) is 8.78 Å². The fourth-order valence-corrected chi connectivity index (χ4v) is 1.30. The second-order valence-corrected chi connectivity index (χ2v) is 3.39. The maximum absolute atomic E-state index is 13.5. The molecule has 0 spiro atoms. The summed E-state index contributed by atoms with van der Waals surface area (Å²) in [6, 6.07) is 0.496. The van der Waals surface area contributed by atoms with Crippen molar-refractivity contribution >= 4 is 0 Å². The fourth-order valence-electron chi connectivity index (χ4n) is 1.30. The summed E-state index contributed by atoms with van der Waals surface area (Å²) < 4.78 is 31.5. The van der Waals surface area contributed by atoms with Gasteiger partial charge in [0.05, 0.1) is 7.11 Å². The van der Waals surface area contributed by atoms with E-state index in [0.717, 1.165) is 6.07 Å². The van der Waals surface area contributed by atoms with Crippen molar-refractivity contribution in [3.63, 3.8) is 0 Å². The third-order valence-corrected chi connectivity index (χ3v) is 1.98. The van der Waals surface area contributed by atoms with E-state index in [1.54, 1.807) is 6.92 Å². The zero-order chi connectivity index (χ0) is 11.6. The number of halogens is 2. The number of hydrogen-bond acceptors (Lipinski definition) is 3. The highest BCUT2D eigenvalue weighted by atomic mass is 19.1. The molecule has 3 N–H and O–H groups in total. The molecule has 0 saturated carbocycles. The van der Waals surface area contributed by atoms with Crippen LogP contribution in [0.3, 0.4) is 0 Å². The summed E-state index contributed by atoms with van der Waals surface area (Å²) in [7, 11) is 1.24. The molecule has 0 radical (unpaired) electrons. The predicted octanol–water partition coefficient (Wildman–Crippen LogP) is 1.57. The van der Waals surface area contributed by atoms with Gasteiger partial charge in [0.15, 0.2) is 23.1 Å². The summed E-state index contributed by atoms with van der Waals surface area (Å²) in [6.45, 7) is 1.62. The smallest absolute Gasteiger partial charge is 0.171 e. The van der Waals surface area contributed by atoms with Crippen molar-refractivity contribution in [2.24, 2.45) is 5.73 Å². The van der Waals surface area contributed by atoms with Gasteiger partial charge >= 0.3 is 0 Å². The van der Waals surface area contributed by atoms with E-state index in [2.05, 4.69) is 4.74 Å². The van der Waals surface area contributed by atoms with Crippen molar-refractivity contribution in [1.82, 2.24) is 0 Å². The lowest BCUT2D eigenvalue weighted by Gasteiger charge is -2.11. The molecule has 84 valence electrons. The Kier molecular flexibility index (Phi) is 3.47. The van der Waals surface area contributed by atoms with Gasteiger partial charge < -0.3 is 15.6 Å². The van der Waals surface area contributed by atoms with Crippen molar-refractivity contribution < 1.29 is 18.6 Å². The third-order valence-electron chi connectivity index (χ3n) is 1.98. The predicted molar refractivity (Wildman–Crippen MR) is 51.9 cm³/mol. The van der Waals surface area contributed by atoms with E-state index in [4.69, 9.17) is 5.73 Å². The van der Waals surface area contributed by atoms with Crippen LogP contribution in [0.15, 0.2) is 6.07 Å². The average Bonchev–Trinajstić information content (AvgIpc) is 2.18. The molecule has 0 heterocycles. The molecule has 0 aromatic heterocycles. The van der Waals surface area contributed by atoms with Crippen LogP contribution in [0, 0.1) is 11.6 Å². The van der Waals surface area contributed by atoms with E-state index >= 15 is 0 Å². The summed E-state index contributed by atoms with van der Waals surface area (Å²) in [4.78, 5) is 0. The van der Waals surface area contributed by atoms with Gasteiger partial charge in [0.1, 0.15) is 0 Å². The van der Waals surface area contributed by atoms with Crippen LogP contribution in [0.2, 0.25) is 0 Å². The molecular formula is C10H13F2NO2. The van der Waals surface area contributed by atoms with Crippen LogP contribution in [0.25, 0.3) is 0 Å². The molecule has 0 amide bonds. The number of phenols is 1. The zero-order valence-corrected chi connectivity index (χ0v) is 8.55. The van der Waals surface area contributed by atoms with Crippen molar-refractivity contribution in [2.45, 2.75) is 19.4 Å². The first-order valence-corrected chi connectivity index (χ1v) is 4.46. The van der Waals surface area contributed by atoms with Crippen molar-refractivity contribution in [3.05, 3.63) is 23.3 Å². The number of hydrogen-bond donors (Lipinski definition) is 2. The maximum Gasteiger partial charge on any atom is 0.171 e. The molecule has 0 bridgehead atoms. The van der Waals surface area contributed by atoms with Gasteiger partial charge in [-0.1, -0.05) is 0 Å². The summed E-state index contributed by atoms with van der Waals surface area (Å²) in [5, 5.41) is 9.19. The molecule has 0 aliphatic rings. The summed E-state index contributed by atoms with van der Waals surface area (Å²) in [5.74, 6) is -2.62. The topological polar surface area (TPSA) is 55.5 Å². The highest BCUT2D eigenvalue weighted by Crippen LogP contribution is 2.30. The molecule has 1 aromatic carbocycles. The molecule has 0 fully saturated rings. The first kappa shape index (κ1) is 11.7. The highest BCUT2D eigenvalue weighted by molar-refractivity contribution is 5.41. The number of aromatic hydroxyl groups is 1. The number of nitrogens with two attached hydrogens (primary N) is 1. The van der Waals surface area contributed by atoms with Crippen LogP contribution >= 0.6 is 0 Å². The van der Waals surface area contributed by atoms with Gasteiger partial charge in [-0.15, -0.1) is 0 Å². The Morgan fingerprint density at radius 1 is 1.47 bits per heavy atom. The third kappa shape index (κ3) is 2.36. The Bertz CT molecular complexity index is 367. The molecule has 0 aliphatic carbocycles. The second kappa shape index (κ2) is 4.44. The molecule has 1 atom stereocenters. The number of methoxy groups -OCH3 is 1. The largest absolute Gasteiger partial charge is 0.505 e. The van der Waals surface area contributed by atoms with Crippen molar-refractivity contribution in [2.75, 3.05) is 7.11 Å². The summed E-state index contributed by atoms with van der Waals surface area (Å²) >= 11 is 0. The Hall–Kier alpha value is -1.36. The van der Waals surface area contributed by atoms with Crippen LogP contribution < -0.4 is 10.5 Å². The van der Waals surface area contributed by atoms with E-state index in [0.29, 0.717) is 0 Å². The Balaban J connectivity index is 3.27. The zero-order valence-electron chi connectivity index (χ0n) is 8.55. The Morgan fingerprint density at radius 3 is 2.53 bits per heavy atom. The van der Waals surface area contributed by atoms with E-state index in [1.165, 1.54) is 7.11 Å². The van der Waals surface area contributed by atoms with E-state index < -0.39 is 23.4 Å². The van der Waals surface area contributed by atoms with Gasteiger partial charge in [-0.05, 0) is 13.3 Å². The van der Waals surface area contributed by atoms with Crippen LogP contribution in [0.1, 0.15) is 12.5 Å². The molecule has 0 aliphatic heterocycles. The summed E-state index contributed by atoms with van der Waals surface area (Å²) in [5.41, 5.74) is 5.20. The minimum Gasteiger partial charge on any atom is -0.505 e. The van der Waals surface area contributed by atoms with Crippen LogP contribution in [0.5, 0.6) is 11.5 Å². The van der Waals surface area contributed by atoms with Gasteiger partial charge in [-0.3, -0.25) is 0 Å². The SMILES string of the molecule is COc1cc(O)c(F)c(CC(C)N)c1F. The lowest BCUT2D eigenvalue weighted by atomic mass is 10.1. The van der Waals surface area contributed by atoms with Gasteiger partial charge in [0.2, 0.25) is 0 Å². The minimum absolute atomic E-state index is 0.00241. The fraction of sp³-hybridized carbons (Fsp3) is 0.400. The second-order valence-electron chi connectivity index (χ2n) is 3.39. The molecule has 15 heavy (non-hydrogen) atoms. The quantitative estimate of drug-likeness (QED) is 0.808. The molecule has 3 nitrogen and oxygen atoms in total. The van der Waals surface area contributed by atoms with E-state index in [1.807, 2.05) is 0 Å². The van der Waals surface area contributed by atoms with E-state index in [9.17, 15) is 13.9 Å².